The quantitative estimate of drug-likeness (QED) is 0.666. The van der Waals surface area contributed by atoms with Crippen LogP contribution in [-0.2, 0) is 4.79 Å². The molecule has 1 unspecified atom stereocenters. The molecule has 0 spiro atoms. The maximum atomic E-state index is 11.5. The van der Waals surface area contributed by atoms with Crippen molar-refractivity contribution in [3.05, 3.63) is 0 Å². The number of hydrogen-bond donors (Lipinski definition) is 0. The van der Waals surface area contributed by atoms with Crippen LogP contribution >= 0.6 is 0 Å². The van der Waals surface area contributed by atoms with E-state index in [1.54, 1.807) is 0 Å². The fourth-order valence-corrected chi connectivity index (χ4v) is 2.11. The second-order valence-corrected chi connectivity index (χ2v) is 4.25. The van der Waals surface area contributed by atoms with E-state index in [1.807, 2.05) is 6.92 Å². The Bertz CT molecular complexity index is 171. The van der Waals surface area contributed by atoms with E-state index >= 15 is 0 Å². The van der Waals surface area contributed by atoms with Crippen molar-refractivity contribution in [1.82, 2.24) is 4.90 Å². The number of likely N-dealkylation sites (tertiary alicyclic amines) is 1. The van der Waals surface area contributed by atoms with Crippen LogP contribution < -0.4 is 0 Å². The molecule has 1 saturated heterocycles. The summed E-state index contributed by atoms with van der Waals surface area (Å²) in [6.07, 6.45) is 3.10. The summed E-state index contributed by atoms with van der Waals surface area (Å²) in [5, 5.41) is 0. The van der Waals surface area contributed by atoms with Crippen LogP contribution in [0.2, 0.25) is 0 Å². The summed E-state index contributed by atoms with van der Waals surface area (Å²) in [7, 11) is 2.16. The smallest absolute Gasteiger partial charge is 0.135 e. The highest BCUT2D eigenvalue weighted by Gasteiger charge is 2.25. The minimum absolute atomic E-state index is 0.290. The molecule has 76 valence electrons. The van der Waals surface area contributed by atoms with E-state index in [4.69, 9.17) is 0 Å². The molecule has 0 saturated carbocycles. The standard InChI is InChI=1S/C11H21NO/c1-4-11(13)9(2)10-5-7-12(3)8-6-10/h9-10H,4-8H2,1-3H3. The maximum Gasteiger partial charge on any atom is 0.135 e. The van der Waals surface area contributed by atoms with E-state index in [0.717, 1.165) is 13.1 Å². The number of rotatable bonds is 3. The van der Waals surface area contributed by atoms with Gasteiger partial charge in [0, 0.05) is 12.3 Å². The number of ketones is 1. The Balaban J connectivity index is 2.39. The first-order valence-electron chi connectivity index (χ1n) is 5.36. The van der Waals surface area contributed by atoms with Crippen molar-refractivity contribution in [2.45, 2.75) is 33.1 Å². The van der Waals surface area contributed by atoms with Gasteiger partial charge >= 0.3 is 0 Å². The zero-order chi connectivity index (χ0) is 9.84. The van der Waals surface area contributed by atoms with Crippen molar-refractivity contribution >= 4 is 5.78 Å². The molecule has 0 N–H and O–H groups in total. The van der Waals surface area contributed by atoms with Crippen LogP contribution in [0.5, 0.6) is 0 Å². The summed E-state index contributed by atoms with van der Waals surface area (Å²) in [6, 6.07) is 0. The lowest BCUT2D eigenvalue weighted by Gasteiger charge is -2.31. The fourth-order valence-electron chi connectivity index (χ4n) is 2.11. The number of hydrogen-bond acceptors (Lipinski definition) is 2. The Morgan fingerprint density at radius 3 is 2.46 bits per heavy atom. The van der Waals surface area contributed by atoms with Crippen molar-refractivity contribution in [2.75, 3.05) is 20.1 Å². The summed E-state index contributed by atoms with van der Waals surface area (Å²) in [5.74, 6) is 1.37. The van der Waals surface area contributed by atoms with Gasteiger partial charge in [-0.05, 0) is 38.9 Å². The summed E-state index contributed by atoms with van der Waals surface area (Å²) < 4.78 is 0. The molecule has 0 radical (unpaired) electrons. The van der Waals surface area contributed by atoms with Gasteiger partial charge in [-0.2, -0.15) is 0 Å². The van der Waals surface area contributed by atoms with Crippen LogP contribution in [0.1, 0.15) is 33.1 Å². The zero-order valence-corrected chi connectivity index (χ0v) is 9.05. The van der Waals surface area contributed by atoms with E-state index in [2.05, 4.69) is 18.9 Å². The molecule has 0 aliphatic carbocycles. The summed E-state index contributed by atoms with van der Waals surface area (Å²) in [5.41, 5.74) is 0. The fraction of sp³-hybridized carbons (Fsp3) is 0.909. The molecule has 1 atom stereocenters. The highest BCUT2D eigenvalue weighted by Crippen LogP contribution is 2.25. The van der Waals surface area contributed by atoms with Crippen LogP contribution in [0, 0.1) is 11.8 Å². The highest BCUT2D eigenvalue weighted by molar-refractivity contribution is 5.80. The minimum Gasteiger partial charge on any atom is -0.306 e. The average molecular weight is 183 g/mol. The second-order valence-electron chi connectivity index (χ2n) is 4.25. The molecular formula is C11H21NO. The number of nitrogens with zero attached hydrogens (tertiary/aromatic N) is 1. The third-order valence-electron chi connectivity index (χ3n) is 3.33. The van der Waals surface area contributed by atoms with Gasteiger partial charge in [-0.25, -0.2) is 0 Å². The molecule has 2 heteroatoms. The van der Waals surface area contributed by atoms with Crippen molar-refractivity contribution in [2.24, 2.45) is 11.8 Å². The molecule has 0 bridgehead atoms. The zero-order valence-electron chi connectivity index (χ0n) is 9.05. The number of carbonyl (C=O) groups is 1. The summed E-state index contributed by atoms with van der Waals surface area (Å²) >= 11 is 0. The lowest BCUT2D eigenvalue weighted by Crippen LogP contribution is -2.34. The lowest BCUT2D eigenvalue weighted by atomic mass is 9.82. The Labute approximate surface area is 81.3 Å². The van der Waals surface area contributed by atoms with E-state index in [9.17, 15) is 4.79 Å². The monoisotopic (exact) mass is 183 g/mol. The molecule has 1 rings (SSSR count). The minimum atomic E-state index is 0.290. The van der Waals surface area contributed by atoms with E-state index in [-0.39, 0.29) is 0 Å². The number of Topliss-reactive ketones (excluding diaryl/α,β-unsaturated/α-hetero) is 1. The van der Waals surface area contributed by atoms with Gasteiger partial charge in [0.05, 0.1) is 0 Å². The molecule has 1 aliphatic heterocycles. The van der Waals surface area contributed by atoms with Crippen LogP contribution in [0.3, 0.4) is 0 Å². The maximum absolute atomic E-state index is 11.5. The van der Waals surface area contributed by atoms with Crippen molar-refractivity contribution < 1.29 is 4.79 Å². The summed E-state index contributed by atoms with van der Waals surface area (Å²) in [4.78, 5) is 13.8. The van der Waals surface area contributed by atoms with Gasteiger partial charge in [-0.3, -0.25) is 4.79 Å². The average Bonchev–Trinajstić information content (AvgIpc) is 2.17. The third-order valence-corrected chi connectivity index (χ3v) is 3.33. The van der Waals surface area contributed by atoms with Gasteiger partial charge in [0.25, 0.3) is 0 Å². The molecule has 13 heavy (non-hydrogen) atoms. The molecule has 0 aromatic carbocycles. The first-order chi connectivity index (χ1) is 6.15. The Morgan fingerprint density at radius 1 is 1.46 bits per heavy atom. The number of carbonyl (C=O) groups excluding carboxylic acids is 1. The number of piperidine rings is 1. The largest absolute Gasteiger partial charge is 0.306 e. The second kappa shape index (κ2) is 4.75. The van der Waals surface area contributed by atoms with Gasteiger partial charge in [0.1, 0.15) is 5.78 Å². The third kappa shape index (κ3) is 2.80. The first-order valence-corrected chi connectivity index (χ1v) is 5.36. The van der Waals surface area contributed by atoms with Gasteiger partial charge < -0.3 is 4.90 Å². The molecule has 0 aromatic rings. The molecule has 2 nitrogen and oxygen atoms in total. The van der Waals surface area contributed by atoms with Crippen molar-refractivity contribution in [1.29, 1.82) is 0 Å². The first kappa shape index (κ1) is 10.7. The highest BCUT2D eigenvalue weighted by atomic mass is 16.1. The normalized spacial score (nSPS) is 23.0. The van der Waals surface area contributed by atoms with Crippen LogP contribution in [0.25, 0.3) is 0 Å². The molecule has 1 heterocycles. The van der Waals surface area contributed by atoms with Gasteiger partial charge in [-0.1, -0.05) is 13.8 Å². The van der Waals surface area contributed by atoms with Crippen molar-refractivity contribution in [3.63, 3.8) is 0 Å². The molecular weight excluding hydrogens is 162 g/mol. The van der Waals surface area contributed by atoms with Crippen molar-refractivity contribution in [3.8, 4) is 0 Å². The van der Waals surface area contributed by atoms with Gasteiger partial charge in [0.15, 0.2) is 0 Å². The molecule has 0 aromatic heterocycles. The Hall–Kier alpha value is -0.370. The molecule has 1 aliphatic rings. The van der Waals surface area contributed by atoms with Crippen LogP contribution in [0.15, 0.2) is 0 Å². The van der Waals surface area contributed by atoms with Crippen LogP contribution in [-0.4, -0.2) is 30.8 Å². The van der Waals surface area contributed by atoms with Gasteiger partial charge in [-0.15, -0.1) is 0 Å². The van der Waals surface area contributed by atoms with E-state index in [0.29, 0.717) is 24.0 Å². The Kier molecular flexibility index (Phi) is 3.91. The lowest BCUT2D eigenvalue weighted by molar-refractivity contribution is -0.124. The predicted octanol–water partition coefficient (Wildman–Crippen LogP) is 1.94. The predicted molar refractivity (Wildman–Crippen MR) is 54.7 cm³/mol. The molecule has 1 fully saturated rings. The Morgan fingerprint density at radius 2 is 2.00 bits per heavy atom. The van der Waals surface area contributed by atoms with E-state index in [1.165, 1.54) is 12.8 Å². The van der Waals surface area contributed by atoms with Crippen LogP contribution in [0.4, 0.5) is 0 Å². The summed E-state index contributed by atoms with van der Waals surface area (Å²) in [6.45, 7) is 6.38. The molecule has 0 amide bonds. The SMILES string of the molecule is CCC(=O)C(C)C1CCN(C)CC1. The topological polar surface area (TPSA) is 20.3 Å². The van der Waals surface area contributed by atoms with Gasteiger partial charge in [0.2, 0.25) is 0 Å². The van der Waals surface area contributed by atoms with E-state index < -0.39 is 0 Å².